The highest BCUT2D eigenvalue weighted by atomic mass is 35.5. The lowest BCUT2D eigenvalue weighted by molar-refractivity contribution is -0.136. The zero-order valence-electron chi connectivity index (χ0n) is 12.2. The monoisotopic (exact) mass is 352 g/mol. The first-order valence-corrected chi connectivity index (χ1v) is 7.42. The second-order valence-electron chi connectivity index (χ2n) is 4.60. The number of carbonyl (C=O) groups excluding carboxylic acids is 2. The average molecular weight is 353 g/mol. The smallest absolute Gasteiger partial charge is 0.313 e. The third kappa shape index (κ3) is 4.87. The number of hydrogen-bond donors (Lipinski definition) is 2. The molecule has 0 saturated heterocycles. The lowest BCUT2D eigenvalue weighted by atomic mass is 10.2. The lowest BCUT2D eigenvalue weighted by Crippen LogP contribution is -2.35. The Bertz CT molecular complexity index is 735. The molecule has 0 fully saturated rings. The first-order chi connectivity index (χ1) is 11.0. The molecule has 0 saturated carbocycles. The van der Waals surface area contributed by atoms with Gasteiger partial charge in [-0.1, -0.05) is 35.3 Å². The van der Waals surface area contributed by atoms with Crippen LogP contribution in [0.5, 0.6) is 5.75 Å². The van der Waals surface area contributed by atoms with E-state index in [2.05, 4.69) is 10.6 Å². The molecular formula is C16H14Cl2N2O3. The Balaban J connectivity index is 1.93. The van der Waals surface area contributed by atoms with Crippen LogP contribution in [0.1, 0.15) is 5.56 Å². The summed E-state index contributed by atoms with van der Waals surface area (Å²) in [6.07, 6.45) is 0. The van der Waals surface area contributed by atoms with Crippen molar-refractivity contribution >= 4 is 40.7 Å². The van der Waals surface area contributed by atoms with Crippen LogP contribution < -0.4 is 15.4 Å². The number of halogens is 2. The molecule has 0 aromatic heterocycles. The summed E-state index contributed by atoms with van der Waals surface area (Å²) < 4.78 is 5.05. The number of rotatable bonds is 4. The van der Waals surface area contributed by atoms with E-state index in [1.165, 1.54) is 7.11 Å². The van der Waals surface area contributed by atoms with Crippen molar-refractivity contribution in [3.05, 3.63) is 58.1 Å². The molecule has 0 bridgehead atoms. The summed E-state index contributed by atoms with van der Waals surface area (Å²) in [5.41, 5.74) is 1.13. The average Bonchev–Trinajstić information content (AvgIpc) is 2.54. The molecule has 7 heteroatoms. The van der Waals surface area contributed by atoms with Crippen LogP contribution in [0.4, 0.5) is 5.69 Å². The van der Waals surface area contributed by atoms with E-state index in [1.807, 2.05) is 0 Å². The second kappa shape index (κ2) is 7.85. The molecule has 23 heavy (non-hydrogen) atoms. The molecule has 0 heterocycles. The molecule has 120 valence electrons. The maximum Gasteiger partial charge on any atom is 0.313 e. The van der Waals surface area contributed by atoms with Gasteiger partial charge in [-0.3, -0.25) is 9.59 Å². The van der Waals surface area contributed by atoms with Gasteiger partial charge in [0.05, 0.1) is 7.11 Å². The van der Waals surface area contributed by atoms with Crippen molar-refractivity contribution in [2.45, 2.75) is 6.54 Å². The topological polar surface area (TPSA) is 67.4 Å². The number of nitrogens with one attached hydrogen (secondary N) is 2. The van der Waals surface area contributed by atoms with E-state index < -0.39 is 11.8 Å². The van der Waals surface area contributed by atoms with Crippen LogP contribution in [0.15, 0.2) is 42.5 Å². The molecule has 0 spiro atoms. The van der Waals surface area contributed by atoms with E-state index in [4.69, 9.17) is 27.9 Å². The molecule has 0 atom stereocenters. The molecule has 2 N–H and O–H groups in total. The molecule has 2 amide bonds. The first-order valence-electron chi connectivity index (χ1n) is 6.67. The van der Waals surface area contributed by atoms with Gasteiger partial charge in [0.15, 0.2) is 0 Å². The van der Waals surface area contributed by atoms with E-state index in [0.717, 1.165) is 0 Å². The highest BCUT2D eigenvalue weighted by Crippen LogP contribution is 2.20. The number of anilines is 1. The SMILES string of the molecule is COc1cccc(NC(=O)C(=O)NCc2ccc(Cl)cc2Cl)c1. The fourth-order valence-corrected chi connectivity index (χ4v) is 2.28. The Hall–Kier alpha value is -2.24. The van der Waals surface area contributed by atoms with Gasteiger partial charge in [-0.2, -0.15) is 0 Å². The van der Waals surface area contributed by atoms with Gasteiger partial charge in [0.2, 0.25) is 0 Å². The molecule has 0 aliphatic carbocycles. The van der Waals surface area contributed by atoms with Crippen LogP contribution in [-0.4, -0.2) is 18.9 Å². The summed E-state index contributed by atoms with van der Waals surface area (Å²) in [5.74, 6) is -0.960. The van der Waals surface area contributed by atoms with Gasteiger partial charge < -0.3 is 15.4 Å². The Labute approximate surface area is 143 Å². The first kappa shape index (κ1) is 17.1. The highest BCUT2D eigenvalue weighted by Gasteiger charge is 2.14. The molecule has 0 aliphatic rings. The Morgan fingerprint density at radius 2 is 1.87 bits per heavy atom. The van der Waals surface area contributed by atoms with Gasteiger partial charge in [0.25, 0.3) is 0 Å². The van der Waals surface area contributed by atoms with Crippen LogP contribution in [0, 0.1) is 0 Å². The number of carbonyl (C=O) groups is 2. The third-order valence-electron chi connectivity index (χ3n) is 2.99. The predicted octanol–water partition coefficient (Wildman–Crippen LogP) is 3.26. The molecule has 0 radical (unpaired) electrons. The summed E-state index contributed by atoms with van der Waals surface area (Å²) in [7, 11) is 1.52. The zero-order chi connectivity index (χ0) is 16.8. The minimum absolute atomic E-state index is 0.125. The Morgan fingerprint density at radius 1 is 1.09 bits per heavy atom. The van der Waals surface area contributed by atoms with Crippen LogP contribution in [0.25, 0.3) is 0 Å². The Kier molecular flexibility index (Phi) is 5.84. The standard InChI is InChI=1S/C16H14Cl2N2O3/c1-23-13-4-2-3-12(8-13)20-16(22)15(21)19-9-10-5-6-11(17)7-14(10)18/h2-8H,9H2,1H3,(H,19,21)(H,20,22). The van der Waals surface area contributed by atoms with Crippen LogP contribution in [0.3, 0.4) is 0 Å². The quantitative estimate of drug-likeness (QED) is 0.830. The number of ether oxygens (including phenoxy) is 1. The second-order valence-corrected chi connectivity index (χ2v) is 5.45. The minimum atomic E-state index is -0.775. The van der Waals surface area contributed by atoms with E-state index in [9.17, 15) is 9.59 Å². The van der Waals surface area contributed by atoms with Gasteiger partial charge in [-0.15, -0.1) is 0 Å². The van der Waals surface area contributed by atoms with Gasteiger partial charge in [-0.05, 0) is 29.8 Å². The van der Waals surface area contributed by atoms with Crippen molar-refractivity contribution < 1.29 is 14.3 Å². The van der Waals surface area contributed by atoms with E-state index in [1.54, 1.807) is 42.5 Å². The van der Waals surface area contributed by atoms with E-state index in [-0.39, 0.29) is 6.54 Å². The van der Waals surface area contributed by atoms with Gasteiger partial charge in [0.1, 0.15) is 5.75 Å². The molecule has 0 unspecified atom stereocenters. The van der Waals surface area contributed by atoms with Gasteiger partial charge in [-0.25, -0.2) is 0 Å². The van der Waals surface area contributed by atoms with Crippen LogP contribution in [0.2, 0.25) is 10.0 Å². The molecular weight excluding hydrogens is 339 g/mol. The lowest BCUT2D eigenvalue weighted by Gasteiger charge is -2.09. The van der Waals surface area contributed by atoms with Crippen molar-refractivity contribution in [3.8, 4) is 5.75 Å². The maximum absolute atomic E-state index is 11.9. The summed E-state index contributed by atoms with van der Waals surface area (Å²) in [6.45, 7) is 0.125. The third-order valence-corrected chi connectivity index (χ3v) is 3.58. The number of amides is 2. The van der Waals surface area contributed by atoms with Crippen molar-refractivity contribution in [2.75, 3.05) is 12.4 Å². The molecule has 2 aromatic rings. The molecule has 2 rings (SSSR count). The summed E-state index contributed by atoms with van der Waals surface area (Å²) in [6, 6.07) is 11.6. The van der Waals surface area contributed by atoms with Crippen molar-refractivity contribution in [1.29, 1.82) is 0 Å². The molecule has 0 aliphatic heterocycles. The van der Waals surface area contributed by atoms with Gasteiger partial charge in [0, 0.05) is 28.3 Å². The highest BCUT2D eigenvalue weighted by molar-refractivity contribution is 6.39. The van der Waals surface area contributed by atoms with Crippen molar-refractivity contribution in [1.82, 2.24) is 5.32 Å². The number of hydrogen-bond acceptors (Lipinski definition) is 3. The fourth-order valence-electron chi connectivity index (χ4n) is 1.81. The largest absolute Gasteiger partial charge is 0.497 e. The molecule has 5 nitrogen and oxygen atoms in total. The fraction of sp³-hybridized carbons (Fsp3) is 0.125. The Morgan fingerprint density at radius 3 is 2.57 bits per heavy atom. The zero-order valence-corrected chi connectivity index (χ0v) is 13.7. The summed E-state index contributed by atoms with van der Waals surface area (Å²) in [5, 5.41) is 5.91. The van der Waals surface area contributed by atoms with Crippen molar-refractivity contribution in [3.63, 3.8) is 0 Å². The summed E-state index contributed by atoms with van der Waals surface area (Å²) >= 11 is 11.8. The van der Waals surface area contributed by atoms with Gasteiger partial charge >= 0.3 is 11.8 Å². The van der Waals surface area contributed by atoms with E-state index in [0.29, 0.717) is 27.0 Å². The number of methoxy groups -OCH3 is 1. The summed E-state index contributed by atoms with van der Waals surface area (Å²) in [4.78, 5) is 23.7. The van der Waals surface area contributed by atoms with Crippen LogP contribution in [-0.2, 0) is 16.1 Å². The number of benzene rings is 2. The predicted molar refractivity (Wildman–Crippen MR) is 89.9 cm³/mol. The van der Waals surface area contributed by atoms with Crippen LogP contribution >= 0.6 is 23.2 Å². The molecule has 2 aromatic carbocycles. The van der Waals surface area contributed by atoms with Crippen molar-refractivity contribution in [2.24, 2.45) is 0 Å². The minimum Gasteiger partial charge on any atom is -0.497 e. The maximum atomic E-state index is 11.9. The van der Waals surface area contributed by atoms with E-state index >= 15 is 0 Å². The normalized spacial score (nSPS) is 10.0.